The Labute approximate surface area is 408 Å². The molecule has 7 unspecified atom stereocenters. The Morgan fingerprint density at radius 3 is 1.97 bits per heavy atom. The van der Waals surface area contributed by atoms with Crippen LogP contribution >= 0.6 is 0 Å². The number of hydrogen-bond donors (Lipinski definition) is 9. The van der Waals surface area contributed by atoms with Crippen molar-refractivity contribution in [2.45, 2.75) is 132 Å². The minimum absolute atomic E-state index is 0.0239. The summed E-state index contributed by atoms with van der Waals surface area (Å²) in [7, 11) is 0. The number of aromatic nitrogens is 3. The number of rotatable bonds is 8. The summed E-state index contributed by atoms with van der Waals surface area (Å²) in [5.74, 6) is -4.41. The third kappa shape index (κ3) is 9.34. The number of benzene rings is 2. The van der Waals surface area contributed by atoms with Gasteiger partial charge in [0.05, 0.1) is 0 Å². The van der Waals surface area contributed by atoms with Gasteiger partial charge in [-0.15, -0.1) is 4.73 Å². The molecule has 1 spiro atoms. The van der Waals surface area contributed by atoms with Gasteiger partial charge in [-0.25, -0.2) is 4.79 Å². The number of nitrogens with zero attached hydrogens (tertiary/aromatic N) is 3. The van der Waals surface area contributed by atoms with E-state index >= 15 is 14.4 Å². The fourth-order valence-electron chi connectivity index (χ4n) is 11.9. The number of carbonyl (C=O) groups excluding carboxylic acids is 7. The van der Waals surface area contributed by atoms with Gasteiger partial charge in [-0.05, 0) is 80.5 Å². The van der Waals surface area contributed by atoms with E-state index in [-0.39, 0.29) is 63.1 Å². The van der Waals surface area contributed by atoms with Crippen LogP contribution in [0.2, 0.25) is 0 Å². The first kappa shape index (κ1) is 47.2. The van der Waals surface area contributed by atoms with Crippen molar-refractivity contribution >= 4 is 63.3 Å². The second-order valence-corrected chi connectivity index (χ2v) is 19.8. The summed E-state index contributed by atoms with van der Waals surface area (Å²) in [6.45, 7) is -0.0792. The quantitative estimate of drug-likeness (QED) is 0.110. The molecule has 2 aromatic carbocycles. The molecule has 5 fully saturated rings. The Hall–Kier alpha value is -7.51. The molecule has 20 heteroatoms. The van der Waals surface area contributed by atoms with E-state index in [1.54, 1.807) is 11.1 Å². The van der Waals surface area contributed by atoms with Crippen LogP contribution in [0.25, 0.3) is 21.8 Å². The van der Waals surface area contributed by atoms with Crippen LogP contribution in [-0.4, -0.2) is 131 Å². The maximum absolute atomic E-state index is 15.2. The molecule has 2 aliphatic carbocycles. The summed E-state index contributed by atoms with van der Waals surface area (Å²) in [6, 6.07) is 11.4. The van der Waals surface area contributed by atoms with Crippen molar-refractivity contribution in [3.05, 3.63) is 84.2 Å². The van der Waals surface area contributed by atoms with Crippen LogP contribution in [0.3, 0.4) is 0 Å². The van der Waals surface area contributed by atoms with Crippen LogP contribution in [0.5, 0.6) is 11.8 Å². The number of aromatic amines is 2. The van der Waals surface area contributed by atoms with E-state index in [1.165, 1.54) is 4.90 Å². The molecular formula is C51H60N10O10. The Morgan fingerprint density at radius 2 is 1.30 bits per heavy atom. The van der Waals surface area contributed by atoms with Crippen LogP contribution < -0.4 is 31.4 Å². The zero-order chi connectivity index (χ0) is 49.4. The van der Waals surface area contributed by atoms with E-state index in [0.29, 0.717) is 48.8 Å². The highest BCUT2D eigenvalue weighted by Gasteiger charge is 2.52. The van der Waals surface area contributed by atoms with Gasteiger partial charge >= 0.3 is 6.09 Å². The summed E-state index contributed by atoms with van der Waals surface area (Å²) >= 11 is 0. The van der Waals surface area contributed by atoms with Crippen LogP contribution in [0.15, 0.2) is 73.1 Å². The standard InChI is InChI=1S/C51H60N10O10/c62-42-17-18-43(63)61(42)71-50(70)52-22-19-36-47(67)59-23-9-16-40(59)48(68)60-39-15-6-1-10-29(39)26-41(60)46(66)56-38(25-31-28-54-35-14-5-3-12-33(31)35)45(65)58-51(20-7-8-21-51)49(69)57-37(44(64)55-36)24-30-27-53-34-13-4-2-11-32(30)34/h2-5,11-14,17-18,27-29,36-41,53-54,62-63H,1,6-10,15-16,19-26H2,(H,52,70)(H,55,64)(H,56,66)(H,57,69)(H,58,65). The topological polar surface area (TPSA) is 272 Å². The Bertz CT molecular complexity index is 2850. The summed E-state index contributed by atoms with van der Waals surface area (Å²) < 4.78 is 0.503. The maximum atomic E-state index is 15.2. The van der Waals surface area contributed by atoms with Gasteiger partial charge in [0.15, 0.2) is 0 Å². The molecular weight excluding hydrogens is 913 g/mol. The molecule has 0 bridgehead atoms. The van der Waals surface area contributed by atoms with Gasteiger partial charge in [0.1, 0.15) is 35.7 Å². The summed E-state index contributed by atoms with van der Waals surface area (Å²) in [4.78, 5) is 118. The SMILES string of the molecule is O=C(NCCC1NC(=O)C(Cc2c[nH]c3ccccc23)NC(=O)C2(CCCC2)NC(=O)C(Cc2c[nH]c3ccccc23)NC(=O)C2CC3CCCCC3N2C(=O)C2CCCN2C1=O)On1c(O)ccc1O. The lowest BCUT2D eigenvalue weighted by molar-refractivity contribution is -0.150. The first-order valence-electron chi connectivity index (χ1n) is 24.9. The van der Waals surface area contributed by atoms with E-state index in [1.807, 2.05) is 54.7 Å². The van der Waals surface area contributed by atoms with Crippen LogP contribution in [0.4, 0.5) is 4.79 Å². The molecule has 5 aliphatic rings. The molecule has 20 nitrogen and oxygen atoms in total. The van der Waals surface area contributed by atoms with Gasteiger partial charge in [-0.1, -0.05) is 62.1 Å². The first-order chi connectivity index (χ1) is 34.4. The van der Waals surface area contributed by atoms with Crippen molar-refractivity contribution in [3.8, 4) is 11.8 Å². The highest BCUT2D eigenvalue weighted by molar-refractivity contribution is 6.01. The second-order valence-electron chi connectivity index (χ2n) is 19.8. The van der Waals surface area contributed by atoms with Gasteiger partial charge in [0.2, 0.25) is 47.2 Å². The number of carbonyl (C=O) groups is 7. The number of aromatic hydroxyl groups is 2. The highest BCUT2D eigenvalue weighted by Crippen LogP contribution is 2.41. The van der Waals surface area contributed by atoms with Gasteiger partial charge in [-0.2, -0.15) is 0 Å². The van der Waals surface area contributed by atoms with Crippen molar-refractivity contribution in [3.63, 3.8) is 0 Å². The zero-order valence-corrected chi connectivity index (χ0v) is 39.3. The average Bonchev–Trinajstić information content (AvgIpc) is 4.25. The number of H-pyrrole nitrogens is 2. The van der Waals surface area contributed by atoms with Crippen molar-refractivity contribution in [1.82, 2.24) is 51.1 Å². The van der Waals surface area contributed by atoms with Crippen LogP contribution in [0.1, 0.15) is 88.2 Å². The predicted octanol–water partition coefficient (Wildman–Crippen LogP) is 2.92. The Morgan fingerprint density at radius 1 is 0.676 bits per heavy atom. The van der Waals surface area contributed by atoms with Crippen LogP contribution in [0, 0.1) is 5.92 Å². The Kier molecular flexibility index (Phi) is 13.1. The molecule has 71 heavy (non-hydrogen) atoms. The van der Waals surface area contributed by atoms with Gasteiger partial charge in [-0.3, -0.25) is 28.8 Å². The van der Waals surface area contributed by atoms with Gasteiger partial charge < -0.3 is 61.4 Å². The lowest BCUT2D eigenvalue weighted by atomic mass is 9.84. The highest BCUT2D eigenvalue weighted by atomic mass is 16.7. The van der Waals surface area contributed by atoms with Crippen molar-refractivity contribution in [1.29, 1.82) is 0 Å². The monoisotopic (exact) mass is 972 g/mol. The van der Waals surface area contributed by atoms with Crippen molar-refractivity contribution in [2.75, 3.05) is 13.1 Å². The molecule has 10 rings (SSSR count). The lowest BCUT2D eigenvalue weighted by Gasteiger charge is -2.38. The van der Waals surface area contributed by atoms with E-state index < -0.39 is 83.1 Å². The molecule has 6 heterocycles. The molecule has 374 valence electrons. The molecule has 0 radical (unpaired) electrons. The van der Waals surface area contributed by atoms with E-state index in [4.69, 9.17) is 4.84 Å². The molecule has 5 aromatic rings. The fourth-order valence-corrected chi connectivity index (χ4v) is 11.9. The van der Waals surface area contributed by atoms with E-state index in [0.717, 1.165) is 58.8 Å². The number of para-hydroxylation sites is 2. The molecule has 9 N–H and O–H groups in total. The second kappa shape index (κ2) is 19.7. The summed E-state index contributed by atoms with van der Waals surface area (Å²) in [6.07, 6.45) is 8.47. The molecule has 3 saturated heterocycles. The number of amides is 7. The number of hydrogen-bond acceptors (Lipinski definition) is 10. The molecule has 3 aliphatic heterocycles. The Balaban J connectivity index is 1.02. The predicted molar refractivity (Wildman–Crippen MR) is 257 cm³/mol. The summed E-state index contributed by atoms with van der Waals surface area (Å²) in [5, 5.41) is 36.3. The third-order valence-electron chi connectivity index (χ3n) is 15.5. The van der Waals surface area contributed by atoms with E-state index in [9.17, 15) is 29.4 Å². The van der Waals surface area contributed by atoms with Crippen molar-refractivity contribution < 1.29 is 48.6 Å². The molecule has 3 aromatic heterocycles. The zero-order valence-electron chi connectivity index (χ0n) is 39.3. The summed E-state index contributed by atoms with van der Waals surface area (Å²) in [5.41, 5.74) is 1.65. The largest absolute Gasteiger partial charge is 0.492 e. The normalized spacial score (nSPS) is 26.3. The van der Waals surface area contributed by atoms with Gasteiger partial charge in [0, 0.05) is 78.3 Å². The molecule has 2 saturated carbocycles. The molecule has 7 amide bonds. The number of nitrogens with one attached hydrogen (secondary N) is 7. The smallest absolute Gasteiger partial charge is 0.432 e. The lowest BCUT2D eigenvalue weighted by Crippen LogP contribution is -2.65. The minimum atomic E-state index is -1.47. The third-order valence-corrected chi connectivity index (χ3v) is 15.5. The molecule has 7 atom stereocenters. The van der Waals surface area contributed by atoms with Gasteiger partial charge in [0.25, 0.3) is 0 Å². The minimum Gasteiger partial charge on any atom is -0.492 e. The fraction of sp³-hybridized carbons (Fsp3) is 0.471. The number of fused-ring (bicyclic) bond motifs is 6. The maximum Gasteiger partial charge on any atom is 0.432 e. The van der Waals surface area contributed by atoms with E-state index in [2.05, 4.69) is 36.6 Å². The first-order valence-corrected chi connectivity index (χ1v) is 24.9. The average molecular weight is 973 g/mol. The van der Waals surface area contributed by atoms with Crippen molar-refractivity contribution in [2.24, 2.45) is 5.92 Å². The van der Waals surface area contributed by atoms with Crippen LogP contribution in [-0.2, 0) is 41.6 Å².